The van der Waals surface area contributed by atoms with Crippen LogP contribution in [0.5, 0.6) is 0 Å². The standard InChI is InChI=1S/C30H30F3N3O4S/c31-30(32,33)22-8-6-7-21(19-22)27-25-11-4-5-12-26(25)28(37)36(27)18-17-20-13-15-24(16-14-20)41(39,40)35-29(38)34-23-9-2-1-3-10-23/h4-8,11-16,19,23,27H,1-3,9-10,17-18H2,(H2,34,35,38). The highest BCUT2D eigenvalue weighted by molar-refractivity contribution is 7.90. The molecule has 1 heterocycles. The highest BCUT2D eigenvalue weighted by atomic mass is 32.2. The van der Waals surface area contributed by atoms with Gasteiger partial charge in [-0.15, -0.1) is 0 Å². The van der Waals surface area contributed by atoms with E-state index in [1.165, 1.54) is 18.2 Å². The number of hydrogen-bond donors (Lipinski definition) is 2. The first kappa shape index (κ1) is 28.7. The third-order valence-corrected chi connectivity index (χ3v) is 8.98. The minimum Gasteiger partial charge on any atom is -0.335 e. The highest BCUT2D eigenvalue weighted by Gasteiger charge is 2.38. The predicted octanol–water partition coefficient (Wildman–Crippen LogP) is 5.81. The van der Waals surface area contributed by atoms with E-state index in [-0.39, 0.29) is 23.4 Å². The van der Waals surface area contributed by atoms with Crippen molar-refractivity contribution in [2.24, 2.45) is 0 Å². The SMILES string of the molecule is O=C(NC1CCCCC1)NS(=O)(=O)c1ccc(CCN2C(=O)c3ccccc3C2c2cccc(C(F)(F)F)c2)cc1. The predicted molar refractivity (Wildman–Crippen MR) is 147 cm³/mol. The van der Waals surface area contributed by atoms with Crippen LogP contribution in [0.25, 0.3) is 0 Å². The van der Waals surface area contributed by atoms with E-state index in [4.69, 9.17) is 0 Å². The van der Waals surface area contributed by atoms with Crippen molar-refractivity contribution in [3.63, 3.8) is 0 Å². The Kier molecular flexibility index (Phi) is 8.08. The average molecular weight is 586 g/mol. The fourth-order valence-electron chi connectivity index (χ4n) is 5.57. The Hall–Kier alpha value is -3.86. The number of rotatable bonds is 7. The number of halogens is 3. The van der Waals surface area contributed by atoms with Gasteiger partial charge in [0.2, 0.25) is 0 Å². The summed E-state index contributed by atoms with van der Waals surface area (Å²) >= 11 is 0. The first-order valence-corrected chi connectivity index (χ1v) is 15.0. The minimum absolute atomic E-state index is 0.0412. The first-order chi connectivity index (χ1) is 19.5. The molecule has 1 saturated carbocycles. The number of carbonyl (C=O) groups excluding carboxylic acids is 2. The van der Waals surface area contributed by atoms with Gasteiger partial charge in [0.1, 0.15) is 0 Å². The summed E-state index contributed by atoms with van der Waals surface area (Å²) in [6.07, 6.45) is 0.559. The molecule has 3 aromatic rings. The Labute approximate surface area is 236 Å². The van der Waals surface area contributed by atoms with Crippen molar-refractivity contribution in [3.8, 4) is 0 Å². The van der Waals surface area contributed by atoms with Crippen LogP contribution in [0.2, 0.25) is 0 Å². The molecule has 1 fully saturated rings. The Morgan fingerprint density at radius 3 is 2.34 bits per heavy atom. The van der Waals surface area contributed by atoms with E-state index in [9.17, 15) is 31.2 Å². The lowest BCUT2D eigenvalue weighted by atomic mass is 9.96. The van der Waals surface area contributed by atoms with Crippen LogP contribution in [0.3, 0.4) is 0 Å². The number of carbonyl (C=O) groups is 2. The molecule has 7 nitrogen and oxygen atoms in total. The maximum Gasteiger partial charge on any atom is 0.416 e. The van der Waals surface area contributed by atoms with E-state index in [0.29, 0.717) is 23.1 Å². The molecule has 5 rings (SSSR count). The van der Waals surface area contributed by atoms with Crippen LogP contribution in [0.1, 0.15) is 70.8 Å². The summed E-state index contributed by atoms with van der Waals surface area (Å²) in [5.74, 6) is -0.282. The summed E-state index contributed by atoms with van der Waals surface area (Å²) in [4.78, 5) is 27.0. The normalized spacial score (nSPS) is 17.8. The van der Waals surface area contributed by atoms with E-state index < -0.39 is 33.8 Å². The van der Waals surface area contributed by atoms with Gasteiger partial charge >= 0.3 is 12.2 Å². The number of amides is 3. The number of benzene rings is 3. The molecule has 0 aromatic heterocycles. The summed E-state index contributed by atoms with van der Waals surface area (Å²) in [5.41, 5.74) is 1.37. The van der Waals surface area contributed by atoms with E-state index in [1.807, 2.05) is 0 Å². The average Bonchev–Trinajstić information content (AvgIpc) is 3.23. The maximum atomic E-state index is 13.4. The summed E-state index contributed by atoms with van der Waals surface area (Å²) in [5, 5.41) is 2.72. The number of urea groups is 1. The molecule has 2 N–H and O–H groups in total. The molecular weight excluding hydrogens is 555 g/mol. The second kappa shape index (κ2) is 11.6. The van der Waals surface area contributed by atoms with Crippen LogP contribution in [-0.2, 0) is 22.6 Å². The smallest absolute Gasteiger partial charge is 0.335 e. The number of sulfonamides is 1. The molecule has 0 spiro atoms. The molecule has 2 aliphatic rings. The van der Waals surface area contributed by atoms with Crippen LogP contribution >= 0.6 is 0 Å². The molecule has 1 aliphatic carbocycles. The van der Waals surface area contributed by atoms with E-state index >= 15 is 0 Å². The Morgan fingerprint density at radius 2 is 1.63 bits per heavy atom. The van der Waals surface area contributed by atoms with Crippen molar-refractivity contribution in [2.75, 3.05) is 6.54 Å². The fourth-order valence-corrected chi connectivity index (χ4v) is 6.49. The minimum atomic E-state index is -4.52. The van der Waals surface area contributed by atoms with Gasteiger partial charge in [-0.3, -0.25) is 4.79 Å². The van der Waals surface area contributed by atoms with Crippen molar-refractivity contribution < 1.29 is 31.2 Å². The van der Waals surface area contributed by atoms with Crippen LogP contribution in [-0.4, -0.2) is 37.8 Å². The van der Waals surface area contributed by atoms with Crippen molar-refractivity contribution in [1.82, 2.24) is 14.9 Å². The molecule has 0 bridgehead atoms. The van der Waals surface area contributed by atoms with Gasteiger partial charge in [0, 0.05) is 18.2 Å². The number of nitrogens with zero attached hydrogens (tertiary/aromatic N) is 1. The molecule has 1 atom stereocenters. The number of hydrogen-bond acceptors (Lipinski definition) is 4. The maximum absolute atomic E-state index is 13.4. The van der Waals surface area contributed by atoms with Gasteiger partial charge in [-0.25, -0.2) is 17.9 Å². The van der Waals surface area contributed by atoms with E-state index in [0.717, 1.165) is 49.8 Å². The monoisotopic (exact) mass is 585 g/mol. The molecule has 11 heteroatoms. The molecule has 0 saturated heterocycles. The van der Waals surface area contributed by atoms with Crippen LogP contribution < -0.4 is 10.0 Å². The molecule has 216 valence electrons. The molecule has 0 radical (unpaired) electrons. The van der Waals surface area contributed by atoms with Crippen LogP contribution in [0, 0.1) is 0 Å². The molecule has 1 aliphatic heterocycles. The lowest BCUT2D eigenvalue weighted by molar-refractivity contribution is -0.137. The van der Waals surface area contributed by atoms with Gasteiger partial charge < -0.3 is 10.2 Å². The number of alkyl halides is 3. The summed E-state index contributed by atoms with van der Waals surface area (Å²) in [7, 11) is -4.08. The lowest BCUT2D eigenvalue weighted by Crippen LogP contribution is -2.45. The van der Waals surface area contributed by atoms with Crippen LogP contribution in [0.15, 0.2) is 77.7 Å². The zero-order chi connectivity index (χ0) is 29.2. The molecule has 1 unspecified atom stereocenters. The summed E-state index contributed by atoms with van der Waals surface area (Å²) < 4.78 is 67.8. The Balaban J connectivity index is 1.29. The van der Waals surface area contributed by atoms with Gasteiger partial charge in [0.25, 0.3) is 15.9 Å². The van der Waals surface area contributed by atoms with Gasteiger partial charge in [-0.2, -0.15) is 13.2 Å². The van der Waals surface area contributed by atoms with E-state index in [2.05, 4.69) is 10.0 Å². The molecule has 3 aromatic carbocycles. The summed E-state index contributed by atoms with van der Waals surface area (Å²) in [6, 6.07) is 16.3. The number of fused-ring (bicyclic) bond motifs is 1. The van der Waals surface area contributed by atoms with Crippen molar-refractivity contribution in [3.05, 3.63) is 101 Å². The molecular formula is C30H30F3N3O4S. The molecule has 3 amide bonds. The fraction of sp³-hybridized carbons (Fsp3) is 0.333. The topological polar surface area (TPSA) is 95.6 Å². The quantitative estimate of drug-likeness (QED) is 0.366. The third kappa shape index (κ3) is 6.40. The highest BCUT2D eigenvalue weighted by Crippen LogP contribution is 2.40. The van der Waals surface area contributed by atoms with Gasteiger partial charge in [-0.1, -0.05) is 61.7 Å². The zero-order valence-electron chi connectivity index (χ0n) is 22.2. The zero-order valence-corrected chi connectivity index (χ0v) is 23.0. The van der Waals surface area contributed by atoms with Gasteiger partial charge in [-0.05, 0) is 66.3 Å². The van der Waals surface area contributed by atoms with Crippen LogP contribution in [0.4, 0.5) is 18.0 Å². The van der Waals surface area contributed by atoms with Crippen molar-refractivity contribution >= 4 is 22.0 Å². The summed E-state index contributed by atoms with van der Waals surface area (Å²) in [6.45, 7) is 0.197. The van der Waals surface area contributed by atoms with Gasteiger partial charge in [0.05, 0.1) is 16.5 Å². The second-order valence-corrected chi connectivity index (χ2v) is 12.1. The second-order valence-electron chi connectivity index (χ2n) is 10.4. The number of nitrogens with one attached hydrogen (secondary N) is 2. The van der Waals surface area contributed by atoms with Gasteiger partial charge in [0.15, 0.2) is 0 Å². The van der Waals surface area contributed by atoms with E-state index in [1.54, 1.807) is 47.4 Å². The van der Waals surface area contributed by atoms with Crippen molar-refractivity contribution in [1.29, 1.82) is 0 Å². The first-order valence-electron chi connectivity index (χ1n) is 13.5. The molecule has 41 heavy (non-hydrogen) atoms. The Morgan fingerprint density at radius 1 is 0.927 bits per heavy atom. The Bertz CT molecular complexity index is 1540. The third-order valence-electron chi connectivity index (χ3n) is 7.63. The lowest BCUT2D eigenvalue weighted by Gasteiger charge is -2.26. The largest absolute Gasteiger partial charge is 0.416 e. The van der Waals surface area contributed by atoms with Crippen molar-refractivity contribution in [2.45, 2.75) is 61.7 Å².